The van der Waals surface area contributed by atoms with E-state index in [1.807, 2.05) is 0 Å². The molecule has 2 aromatic rings. The van der Waals surface area contributed by atoms with Gasteiger partial charge in [-0.2, -0.15) is 0 Å². The summed E-state index contributed by atoms with van der Waals surface area (Å²) in [6.45, 7) is 0. The zero-order chi connectivity index (χ0) is 17.9. The third-order valence-electron chi connectivity index (χ3n) is 5.03. The summed E-state index contributed by atoms with van der Waals surface area (Å²) >= 11 is 0. The van der Waals surface area contributed by atoms with E-state index >= 15 is 0 Å². The van der Waals surface area contributed by atoms with Crippen LogP contribution in [0.5, 0.6) is 5.75 Å². The number of carbonyl (C=O) groups excluding carboxylic acids is 1. The molecular weight excluding hydrogens is 322 g/mol. The summed E-state index contributed by atoms with van der Waals surface area (Å²) in [5.74, 6) is 0.929. The molecule has 130 valence electrons. The molecule has 2 aliphatic rings. The van der Waals surface area contributed by atoms with Gasteiger partial charge in [-0.1, -0.05) is 54.6 Å². The highest BCUT2D eigenvalue weighted by atomic mass is 16.5. The topological polar surface area (TPSA) is 52.3 Å². The summed E-state index contributed by atoms with van der Waals surface area (Å²) in [5, 5.41) is 0. The summed E-state index contributed by atoms with van der Waals surface area (Å²) in [6.07, 6.45) is 12.0. The molecule has 2 aliphatic carbocycles. The largest absolute Gasteiger partial charge is 0.427 e. The number of rotatable bonds is 4. The van der Waals surface area contributed by atoms with Crippen molar-refractivity contribution < 1.29 is 9.53 Å². The fourth-order valence-corrected chi connectivity index (χ4v) is 3.76. The molecule has 2 atom stereocenters. The van der Waals surface area contributed by atoms with Crippen molar-refractivity contribution in [2.75, 3.05) is 5.73 Å². The van der Waals surface area contributed by atoms with Crippen LogP contribution in [0.2, 0.25) is 0 Å². The first kappa shape index (κ1) is 16.4. The van der Waals surface area contributed by atoms with Gasteiger partial charge in [0.1, 0.15) is 5.75 Å². The molecule has 2 aromatic carbocycles. The quantitative estimate of drug-likeness (QED) is 0.489. The third kappa shape index (κ3) is 3.33. The predicted octanol–water partition coefficient (Wildman–Crippen LogP) is 4.88. The Morgan fingerprint density at radius 1 is 1.04 bits per heavy atom. The third-order valence-corrected chi connectivity index (χ3v) is 5.03. The van der Waals surface area contributed by atoms with Gasteiger partial charge in [-0.05, 0) is 53.3 Å². The van der Waals surface area contributed by atoms with Crippen molar-refractivity contribution in [3.05, 3.63) is 89.5 Å². The fourth-order valence-electron chi connectivity index (χ4n) is 3.76. The lowest BCUT2D eigenvalue weighted by Gasteiger charge is -2.32. The minimum Gasteiger partial charge on any atom is -0.427 e. The molecule has 2 unspecified atom stereocenters. The Labute approximate surface area is 153 Å². The van der Waals surface area contributed by atoms with Crippen molar-refractivity contribution >= 4 is 17.7 Å². The Bertz CT molecular complexity index is 906. The first-order chi connectivity index (χ1) is 12.7. The second kappa shape index (κ2) is 7.04. The van der Waals surface area contributed by atoms with Gasteiger partial charge in [0.15, 0.2) is 0 Å². The van der Waals surface area contributed by atoms with E-state index in [1.54, 1.807) is 24.3 Å². The molecule has 0 heterocycles. The molecule has 0 amide bonds. The summed E-state index contributed by atoms with van der Waals surface area (Å²) in [7, 11) is 0. The van der Waals surface area contributed by atoms with E-state index in [1.165, 1.54) is 16.7 Å². The normalized spacial score (nSPS) is 20.1. The Morgan fingerprint density at radius 3 is 2.69 bits per heavy atom. The molecular formula is C23H21NO2. The fraction of sp³-hybridized carbons (Fsp3) is 0.174. The maximum absolute atomic E-state index is 12.3. The van der Waals surface area contributed by atoms with E-state index in [0.29, 0.717) is 23.8 Å². The number of anilines is 1. The van der Waals surface area contributed by atoms with Crippen molar-refractivity contribution in [1.82, 2.24) is 0 Å². The minimum atomic E-state index is -0.210. The molecule has 2 N–H and O–H groups in total. The molecule has 0 aliphatic heterocycles. The van der Waals surface area contributed by atoms with Crippen molar-refractivity contribution in [2.24, 2.45) is 5.92 Å². The van der Waals surface area contributed by atoms with E-state index in [-0.39, 0.29) is 11.9 Å². The number of esters is 1. The van der Waals surface area contributed by atoms with Gasteiger partial charge < -0.3 is 10.5 Å². The molecule has 0 saturated heterocycles. The van der Waals surface area contributed by atoms with E-state index in [9.17, 15) is 4.79 Å². The number of hydrogen-bond donors (Lipinski definition) is 1. The van der Waals surface area contributed by atoms with Gasteiger partial charge in [-0.15, -0.1) is 0 Å². The maximum atomic E-state index is 12.3. The van der Waals surface area contributed by atoms with Gasteiger partial charge >= 0.3 is 5.97 Å². The number of nitrogen functional groups attached to an aromatic ring is 1. The van der Waals surface area contributed by atoms with E-state index in [4.69, 9.17) is 10.5 Å². The molecule has 26 heavy (non-hydrogen) atoms. The lowest BCUT2D eigenvalue weighted by Crippen LogP contribution is -2.20. The number of hydrogen-bond acceptors (Lipinski definition) is 3. The van der Waals surface area contributed by atoms with Crippen LogP contribution in [-0.2, 0) is 4.79 Å². The molecule has 4 rings (SSSR count). The Balaban J connectivity index is 1.49. The van der Waals surface area contributed by atoms with Crippen LogP contribution in [0.1, 0.15) is 29.9 Å². The van der Waals surface area contributed by atoms with Crippen LogP contribution < -0.4 is 10.5 Å². The zero-order valence-electron chi connectivity index (χ0n) is 14.5. The van der Waals surface area contributed by atoms with Crippen LogP contribution in [0.3, 0.4) is 0 Å². The predicted molar refractivity (Wildman–Crippen MR) is 105 cm³/mol. The molecule has 3 nitrogen and oxygen atoms in total. The number of fused-ring (bicyclic) bond motifs is 2. The summed E-state index contributed by atoms with van der Waals surface area (Å²) in [4.78, 5) is 12.3. The number of benzene rings is 2. The van der Waals surface area contributed by atoms with E-state index in [2.05, 4.69) is 54.6 Å². The van der Waals surface area contributed by atoms with Crippen molar-refractivity contribution in [3.8, 4) is 5.75 Å². The van der Waals surface area contributed by atoms with Crippen molar-refractivity contribution in [2.45, 2.75) is 18.8 Å². The number of carbonyl (C=O) groups is 1. The van der Waals surface area contributed by atoms with Crippen LogP contribution in [0, 0.1) is 5.92 Å². The van der Waals surface area contributed by atoms with Gasteiger partial charge in [0.2, 0.25) is 0 Å². The van der Waals surface area contributed by atoms with Gasteiger partial charge in [-0.25, -0.2) is 0 Å². The maximum Gasteiger partial charge on any atom is 0.311 e. The Morgan fingerprint density at radius 2 is 1.85 bits per heavy atom. The zero-order valence-corrected chi connectivity index (χ0v) is 14.5. The van der Waals surface area contributed by atoms with E-state index < -0.39 is 0 Å². The second-order valence-electron chi connectivity index (χ2n) is 6.73. The van der Waals surface area contributed by atoms with Crippen LogP contribution in [0.25, 0.3) is 6.08 Å². The highest BCUT2D eigenvalue weighted by molar-refractivity contribution is 5.73. The molecule has 0 fully saturated rings. The number of ether oxygens (including phenoxy) is 1. The second-order valence-corrected chi connectivity index (χ2v) is 6.73. The van der Waals surface area contributed by atoms with Crippen LogP contribution in [-0.4, -0.2) is 5.97 Å². The SMILES string of the molecule is Nc1ccc(OC(=O)CCC2c3ccccc3C=C3C=CC=CC32)cc1. The summed E-state index contributed by atoms with van der Waals surface area (Å²) in [6, 6.07) is 15.4. The molecule has 0 bridgehead atoms. The smallest absolute Gasteiger partial charge is 0.311 e. The van der Waals surface area contributed by atoms with Crippen molar-refractivity contribution in [1.29, 1.82) is 0 Å². The van der Waals surface area contributed by atoms with Gasteiger partial charge in [0, 0.05) is 18.0 Å². The first-order valence-corrected chi connectivity index (χ1v) is 8.92. The average Bonchev–Trinajstić information content (AvgIpc) is 2.67. The summed E-state index contributed by atoms with van der Waals surface area (Å²) < 4.78 is 5.44. The first-order valence-electron chi connectivity index (χ1n) is 8.92. The molecule has 0 spiro atoms. The Hall–Kier alpha value is -3.07. The molecule has 0 aromatic heterocycles. The van der Waals surface area contributed by atoms with Gasteiger partial charge in [-0.3, -0.25) is 4.79 Å². The molecule has 0 saturated carbocycles. The van der Waals surface area contributed by atoms with Crippen LogP contribution in [0.15, 0.2) is 78.4 Å². The lowest BCUT2D eigenvalue weighted by molar-refractivity contribution is -0.134. The van der Waals surface area contributed by atoms with Crippen LogP contribution >= 0.6 is 0 Å². The van der Waals surface area contributed by atoms with Gasteiger partial charge in [0.25, 0.3) is 0 Å². The molecule has 0 radical (unpaired) electrons. The number of allylic oxidation sites excluding steroid dienone is 5. The van der Waals surface area contributed by atoms with Crippen LogP contribution in [0.4, 0.5) is 5.69 Å². The highest BCUT2D eigenvalue weighted by Gasteiger charge is 2.30. The highest BCUT2D eigenvalue weighted by Crippen LogP contribution is 2.43. The molecule has 3 heteroatoms. The van der Waals surface area contributed by atoms with Crippen molar-refractivity contribution in [3.63, 3.8) is 0 Å². The lowest BCUT2D eigenvalue weighted by atomic mass is 9.71. The Kier molecular flexibility index (Phi) is 4.44. The minimum absolute atomic E-state index is 0.210. The summed E-state index contributed by atoms with van der Waals surface area (Å²) in [5.41, 5.74) is 10.2. The standard InChI is InChI=1S/C23H21NO2/c24-18-9-11-19(12-10-18)26-23(25)14-13-22-20-7-3-1-5-16(20)15-17-6-2-4-8-21(17)22/h1-12,15,20,22H,13-14,24H2. The van der Waals surface area contributed by atoms with E-state index in [0.717, 1.165) is 6.42 Å². The monoisotopic (exact) mass is 343 g/mol. The number of nitrogens with two attached hydrogens (primary N) is 1. The average molecular weight is 343 g/mol. The van der Waals surface area contributed by atoms with Gasteiger partial charge in [0.05, 0.1) is 0 Å².